The quantitative estimate of drug-likeness (QED) is 0.226. The Hall–Kier alpha value is -2.34. The third kappa shape index (κ3) is 8.65. The second-order valence-electron chi connectivity index (χ2n) is 8.34. The molecule has 0 bridgehead atoms. The standard InChI is InChI=1S/C20H35N5O6S/c1-11(2)9-14(20(30)31)24-18(28)15-5-4-7-25(15)19(29)13(10-16(22)26)23-17(27)12(21)6-8-32-3/h11-15H,4-10,21H2,1-3H3,(H2,22,26)(H,23,27)(H,24,28)(H,30,31). The molecule has 1 rings (SSSR count). The maximum atomic E-state index is 13.1. The predicted molar refractivity (Wildman–Crippen MR) is 120 cm³/mol. The number of hydrogen-bond donors (Lipinski definition) is 5. The molecule has 1 aliphatic rings. The lowest BCUT2D eigenvalue weighted by atomic mass is 10.0. The third-order valence-electron chi connectivity index (χ3n) is 5.15. The molecule has 11 nitrogen and oxygen atoms in total. The molecular weight excluding hydrogens is 438 g/mol. The van der Waals surface area contributed by atoms with Crippen LogP contribution in [0.1, 0.15) is 46.0 Å². The lowest BCUT2D eigenvalue weighted by Gasteiger charge is -2.29. The first-order valence-electron chi connectivity index (χ1n) is 10.6. The van der Waals surface area contributed by atoms with Crippen molar-refractivity contribution in [3.63, 3.8) is 0 Å². The molecule has 32 heavy (non-hydrogen) atoms. The second-order valence-corrected chi connectivity index (χ2v) is 9.32. The van der Waals surface area contributed by atoms with E-state index in [9.17, 15) is 29.1 Å². The molecule has 4 unspecified atom stereocenters. The Balaban J connectivity index is 2.93. The zero-order valence-electron chi connectivity index (χ0n) is 18.8. The van der Waals surface area contributed by atoms with E-state index in [4.69, 9.17) is 11.5 Å². The minimum Gasteiger partial charge on any atom is -0.480 e. The Morgan fingerprint density at radius 3 is 2.34 bits per heavy atom. The summed E-state index contributed by atoms with van der Waals surface area (Å²) in [6, 6.07) is -4.07. The van der Waals surface area contributed by atoms with Crippen molar-refractivity contribution in [1.29, 1.82) is 0 Å². The SMILES string of the molecule is CSCCC(N)C(=O)NC(CC(N)=O)C(=O)N1CCCC1C(=O)NC(CC(C)C)C(=O)O. The first kappa shape index (κ1) is 27.7. The summed E-state index contributed by atoms with van der Waals surface area (Å²) >= 11 is 1.52. The minimum atomic E-state index is -1.25. The smallest absolute Gasteiger partial charge is 0.326 e. The van der Waals surface area contributed by atoms with Gasteiger partial charge in [0.25, 0.3) is 0 Å². The van der Waals surface area contributed by atoms with Crippen LogP contribution in [0.5, 0.6) is 0 Å². The maximum Gasteiger partial charge on any atom is 0.326 e. The summed E-state index contributed by atoms with van der Waals surface area (Å²) in [7, 11) is 0. The molecular formula is C20H35N5O6S. The summed E-state index contributed by atoms with van der Waals surface area (Å²) in [4.78, 5) is 62.6. The van der Waals surface area contributed by atoms with Gasteiger partial charge in [-0.05, 0) is 43.6 Å². The van der Waals surface area contributed by atoms with E-state index in [1.165, 1.54) is 16.7 Å². The van der Waals surface area contributed by atoms with Gasteiger partial charge in [0.2, 0.25) is 23.6 Å². The number of likely N-dealkylation sites (tertiary alicyclic amines) is 1. The molecule has 0 saturated carbocycles. The lowest BCUT2D eigenvalue weighted by molar-refractivity contribution is -0.145. The summed E-state index contributed by atoms with van der Waals surface area (Å²) in [5.41, 5.74) is 11.1. The van der Waals surface area contributed by atoms with Crippen LogP contribution in [0.4, 0.5) is 0 Å². The van der Waals surface area contributed by atoms with E-state index in [1.807, 2.05) is 20.1 Å². The Morgan fingerprint density at radius 2 is 1.81 bits per heavy atom. The van der Waals surface area contributed by atoms with Gasteiger partial charge >= 0.3 is 5.97 Å². The average molecular weight is 474 g/mol. The van der Waals surface area contributed by atoms with E-state index in [2.05, 4.69) is 10.6 Å². The van der Waals surface area contributed by atoms with E-state index in [0.29, 0.717) is 25.0 Å². The summed E-state index contributed by atoms with van der Waals surface area (Å²) in [5.74, 6) is -3.03. The Bertz CT molecular complexity index is 704. The molecule has 0 aliphatic carbocycles. The zero-order chi connectivity index (χ0) is 24.4. The lowest BCUT2D eigenvalue weighted by Crippen LogP contribution is -2.57. The van der Waals surface area contributed by atoms with E-state index in [-0.39, 0.29) is 18.9 Å². The monoisotopic (exact) mass is 473 g/mol. The number of primary amides is 1. The first-order valence-corrected chi connectivity index (χ1v) is 12.0. The number of carbonyl (C=O) groups is 5. The molecule has 1 aliphatic heterocycles. The minimum absolute atomic E-state index is 0.0446. The third-order valence-corrected chi connectivity index (χ3v) is 5.79. The van der Waals surface area contributed by atoms with Crippen molar-refractivity contribution in [2.75, 3.05) is 18.6 Å². The van der Waals surface area contributed by atoms with E-state index in [1.54, 1.807) is 0 Å². The van der Waals surface area contributed by atoms with Crippen LogP contribution in [0.3, 0.4) is 0 Å². The number of aliphatic carboxylic acids is 1. The zero-order valence-corrected chi connectivity index (χ0v) is 19.7. The number of rotatable bonds is 13. The van der Waals surface area contributed by atoms with E-state index in [0.717, 1.165) is 0 Å². The largest absolute Gasteiger partial charge is 0.480 e. The summed E-state index contributed by atoms with van der Waals surface area (Å²) in [6.45, 7) is 3.92. The molecule has 12 heteroatoms. The number of amides is 4. The molecule has 0 aromatic rings. The van der Waals surface area contributed by atoms with Crippen molar-refractivity contribution in [2.45, 2.75) is 70.1 Å². The van der Waals surface area contributed by atoms with Crippen molar-refractivity contribution in [2.24, 2.45) is 17.4 Å². The average Bonchev–Trinajstić information content (AvgIpc) is 3.19. The van der Waals surface area contributed by atoms with Gasteiger partial charge in [0.1, 0.15) is 18.1 Å². The molecule has 182 valence electrons. The van der Waals surface area contributed by atoms with Crippen molar-refractivity contribution in [3.05, 3.63) is 0 Å². The fraction of sp³-hybridized carbons (Fsp3) is 0.750. The van der Waals surface area contributed by atoms with E-state index < -0.39 is 60.2 Å². The molecule has 0 radical (unpaired) electrons. The number of thioether (sulfide) groups is 1. The van der Waals surface area contributed by atoms with Crippen LogP contribution < -0.4 is 22.1 Å². The second kappa shape index (κ2) is 13.3. The predicted octanol–water partition coefficient (Wildman–Crippen LogP) is -0.966. The van der Waals surface area contributed by atoms with Crippen molar-refractivity contribution in [3.8, 4) is 0 Å². The molecule has 0 aromatic heterocycles. The maximum absolute atomic E-state index is 13.1. The van der Waals surface area contributed by atoms with Crippen LogP contribution in [0.15, 0.2) is 0 Å². The number of carbonyl (C=O) groups excluding carboxylic acids is 4. The Labute approximate surface area is 192 Å². The van der Waals surface area contributed by atoms with Gasteiger partial charge in [-0.25, -0.2) is 4.79 Å². The summed E-state index contributed by atoms with van der Waals surface area (Å²) in [5, 5.41) is 14.4. The normalized spacial score (nSPS) is 18.7. The number of nitrogens with one attached hydrogen (secondary N) is 2. The Kier molecular flexibility index (Phi) is 11.5. The number of nitrogens with zero attached hydrogens (tertiary/aromatic N) is 1. The topological polar surface area (TPSA) is 185 Å². The first-order chi connectivity index (χ1) is 15.0. The van der Waals surface area contributed by atoms with Crippen molar-refractivity contribution < 1.29 is 29.1 Å². The molecule has 4 atom stereocenters. The fourth-order valence-electron chi connectivity index (χ4n) is 3.52. The van der Waals surface area contributed by atoms with Crippen molar-refractivity contribution >= 4 is 41.4 Å². The molecule has 0 spiro atoms. The highest BCUT2D eigenvalue weighted by atomic mass is 32.2. The van der Waals surface area contributed by atoms with Gasteiger partial charge < -0.3 is 32.1 Å². The van der Waals surface area contributed by atoms with Gasteiger partial charge in [-0.15, -0.1) is 0 Å². The number of nitrogens with two attached hydrogens (primary N) is 2. The van der Waals surface area contributed by atoms with Crippen LogP contribution in [-0.2, 0) is 24.0 Å². The highest BCUT2D eigenvalue weighted by Crippen LogP contribution is 2.20. The van der Waals surface area contributed by atoms with Crippen LogP contribution in [0.2, 0.25) is 0 Å². The van der Waals surface area contributed by atoms with Gasteiger partial charge in [0.05, 0.1) is 12.5 Å². The van der Waals surface area contributed by atoms with Gasteiger partial charge in [0, 0.05) is 6.54 Å². The molecule has 1 fully saturated rings. The van der Waals surface area contributed by atoms with Crippen LogP contribution in [0.25, 0.3) is 0 Å². The summed E-state index contributed by atoms with van der Waals surface area (Å²) in [6.07, 6.45) is 2.95. The van der Waals surface area contributed by atoms with Crippen molar-refractivity contribution in [1.82, 2.24) is 15.5 Å². The number of carboxylic acids is 1. The number of carboxylic acid groups (broad SMARTS) is 1. The van der Waals surface area contributed by atoms with Gasteiger partial charge in [-0.1, -0.05) is 13.8 Å². The number of hydrogen-bond acceptors (Lipinski definition) is 7. The van der Waals surface area contributed by atoms with E-state index >= 15 is 0 Å². The molecule has 4 amide bonds. The van der Waals surface area contributed by atoms with Gasteiger partial charge in [0.15, 0.2) is 0 Å². The van der Waals surface area contributed by atoms with Crippen LogP contribution in [0, 0.1) is 5.92 Å². The molecule has 1 saturated heterocycles. The van der Waals surface area contributed by atoms with Crippen LogP contribution in [-0.4, -0.2) is 82.3 Å². The highest BCUT2D eigenvalue weighted by Gasteiger charge is 2.39. The molecule has 0 aromatic carbocycles. The molecule has 1 heterocycles. The van der Waals surface area contributed by atoms with Crippen LogP contribution >= 0.6 is 11.8 Å². The molecule has 7 N–H and O–H groups in total. The highest BCUT2D eigenvalue weighted by molar-refractivity contribution is 7.98. The Morgan fingerprint density at radius 1 is 1.16 bits per heavy atom. The fourth-order valence-corrected chi connectivity index (χ4v) is 4.01. The van der Waals surface area contributed by atoms with Gasteiger partial charge in [-0.2, -0.15) is 11.8 Å². The summed E-state index contributed by atoms with van der Waals surface area (Å²) < 4.78 is 0. The van der Waals surface area contributed by atoms with Gasteiger partial charge in [-0.3, -0.25) is 19.2 Å².